The van der Waals surface area contributed by atoms with E-state index < -0.39 is 7.05 Å². The van der Waals surface area contributed by atoms with E-state index in [0.29, 0.717) is 29.7 Å². The number of hydrogen-bond donors (Lipinski definition) is 1. The van der Waals surface area contributed by atoms with Gasteiger partial charge in [-0.05, 0) is 55.9 Å². The zero-order valence-electron chi connectivity index (χ0n) is 19.2. The summed E-state index contributed by atoms with van der Waals surface area (Å²) in [5, 5.41) is 16.5. The van der Waals surface area contributed by atoms with Crippen molar-refractivity contribution in [2.45, 2.75) is 46.0 Å². The summed E-state index contributed by atoms with van der Waals surface area (Å²) in [5.74, 6) is 0.0717. The zero-order valence-corrected chi connectivity index (χ0v) is 20.0. The number of pyridine rings is 1. The molecule has 0 spiro atoms. The first-order chi connectivity index (χ1) is 16.0. The van der Waals surface area contributed by atoms with Crippen molar-refractivity contribution in [3.05, 3.63) is 59.9 Å². The summed E-state index contributed by atoms with van der Waals surface area (Å²) in [4.78, 5) is 25.4. The van der Waals surface area contributed by atoms with Crippen molar-refractivity contribution in [3.63, 3.8) is 0 Å². The van der Waals surface area contributed by atoms with Gasteiger partial charge in [0.25, 0.3) is 0 Å². The number of rotatable bonds is 10. The van der Waals surface area contributed by atoms with Gasteiger partial charge >= 0.3 is 7.05 Å². The molecule has 0 aromatic carbocycles. The van der Waals surface area contributed by atoms with Crippen molar-refractivity contribution in [3.8, 4) is 21.8 Å². The molecule has 4 aromatic heterocycles. The quantitative estimate of drug-likeness (QED) is 0.272. The second kappa shape index (κ2) is 10.4. The molecule has 4 aromatic rings. The lowest BCUT2D eigenvalue weighted by molar-refractivity contribution is 0.0968. The van der Waals surface area contributed by atoms with E-state index in [2.05, 4.69) is 17.0 Å². The van der Waals surface area contributed by atoms with Crippen LogP contribution in [-0.2, 0) is 0 Å². The summed E-state index contributed by atoms with van der Waals surface area (Å²) < 4.78 is 1.73. The Hall–Kier alpha value is -2.88. The van der Waals surface area contributed by atoms with Crippen LogP contribution in [0.15, 0.2) is 54.3 Å². The van der Waals surface area contributed by atoms with Gasteiger partial charge in [0, 0.05) is 30.4 Å². The van der Waals surface area contributed by atoms with Gasteiger partial charge in [-0.3, -0.25) is 9.78 Å². The molecule has 0 unspecified atom stereocenters. The molecule has 1 atom stereocenters. The van der Waals surface area contributed by atoms with Gasteiger partial charge in [-0.15, -0.1) is 11.3 Å². The molecule has 0 saturated heterocycles. The van der Waals surface area contributed by atoms with E-state index in [-0.39, 0.29) is 11.8 Å². The molecule has 170 valence electrons. The first-order valence-corrected chi connectivity index (χ1v) is 12.2. The molecule has 0 radical (unpaired) electrons. The Morgan fingerprint density at radius 3 is 2.82 bits per heavy atom. The molecular weight excluding hydrogens is 433 g/mol. The van der Waals surface area contributed by atoms with Crippen molar-refractivity contribution in [2.24, 2.45) is 0 Å². The molecule has 0 bridgehead atoms. The van der Waals surface area contributed by atoms with Gasteiger partial charge in [-0.2, -0.15) is 5.10 Å². The van der Waals surface area contributed by atoms with E-state index in [4.69, 9.17) is 4.98 Å². The number of aromatic nitrogens is 4. The normalized spacial score (nSPS) is 12.4. The number of fused-ring (bicyclic) bond motifs is 1. The number of carbonyl (C=O) groups is 1. The molecule has 0 saturated carbocycles. The van der Waals surface area contributed by atoms with Crippen LogP contribution in [0.1, 0.15) is 43.5 Å². The van der Waals surface area contributed by atoms with E-state index in [0.717, 1.165) is 29.1 Å². The summed E-state index contributed by atoms with van der Waals surface area (Å²) >= 11 is 1.64. The van der Waals surface area contributed by atoms with Gasteiger partial charge in [-0.25, -0.2) is 9.50 Å². The Labute approximate surface area is 198 Å². The summed E-state index contributed by atoms with van der Waals surface area (Å²) in [7, 11) is -0.523. The van der Waals surface area contributed by atoms with E-state index in [1.165, 1.54) is 0 Å². The third-order valence-electron chi connectivity index (χ3n) is 5.99. The number of thiophene rings is 1. The molecule has 0 aliphatic rings. The predicted molar refractivity (Wildman–Crippen MR) is 133 cm³/mol. The van der Waals surface area contributed by atoms with Gasteiger partial charge in [0.15, 0.2) is 11.4 Å². The second-order valence-corrected chi connectivity index (χ2v) is 8.98. The second-order valence-electron chi connectivity index (χ2n) is 8.03. The highest BCUT2D eigenvalue weighted by atomic mass is 32.1. The van der Waals surface area contributed by atoms with Crippen LogP contribution in [0.5, 0.6) is 0 Å². The minimum Gasteiger partial charge on any atom is -0.437 e. The van der Waals surface area contributed by atoms with E-state index in [1.54, 1.807) is 41.1 Å². The van der Waals surface area contributed by atoms with Crippen LogP contribution in [0, 0.1) is 0 Å². The zero-order chi connectivity index (χ0) is 23.4. The highest BCUT2D eigenvalue weighted by Gasteiger charge is 2.23. The van der Waals surface area contributed by atoms with E-state index in [1.807, 2.05) is 47.6 Å². The maximum absolute atomic E-state index is 13.0. The lowest BCUT2D eigenvalue weighted by Gasteiger charge is -2.30. The average molecular weight is 461 g/mol. The van der Waals surface area contributed by atoms with Crippen LogP contribution in [-0.4, -0.2) is 54.8 Å². The van der Waals surface area contributed by atoms with Gasteiger partial charge in [0.1, 0.15) is 0 Å². The standard InChI is InChI=1S/C24H28BN5O2S/c1-4-18(29(5-2)25(3)32)8-9-22(31)17-10-12-26-21(15-17)19-16-27-30-13-11-20(28-24(19)30)23-7-6-14-33-23/h6-7,10-16,18,32H,4-5,8-9H2,1-3H3/t18-/m0/s1. The Morgan fingerprint density at radius 2 is 2.12 bits per heavy atom. The highest BCUT2D eigenvalue weighted by Crippen LogP contribution is 2.27. The summed E-state index contributed by atoms with van der Waals surface area (Å²) in [5.41, 5.74) is 3.69. The minimum absolute atomic E-state index is 0.0717. The van der Waals surface area contributed by atoms with Crippen molar-refractivity contribution >= 4 is 29.8 Å². The van der Waals surface area contributed by atoms with Crippen molar-refractivity contribution in [1.29, 1.82) is 0 Å². The Balaban J connectivity index is 1.56. The third kappa shape index (κ3) is 5.05. The lowest BCUT2D eigenvalue weighted by atomic mass is 9.81. The van der Waals surface area contributed by atoms with Crippen LogP contribution in [0.2, 0.25) is 6.82 Å². The number of ketones is 1. The third-order valence-corrected chi connectivity index (χ3v) is 6.88. The molecule has 4 rings (SSSR count). The molecule has 0 amide bonds. The number of nitrogens with zero attached hydrogens (tertiary/aromatic N) is 5. The van der Waals surface area contributed by atoms with Gasteiger partial charge in [-0.1, -0.05) is 19.9 Å². The molecule has 33 heavy (non-hydrogen) atoms. The fourth-order valence-corrected chi connectivity index (χ4v) is 4.93. The van der Waals surface area contributed by atoms with E-state index in [9.17, 15) is 9.82 Å². The fraction of sp³-hybridized carbons (Fsp3) is 0.333. The van der Waals surface area contributed by atoms with Gasteiger partial charge in [0.05, 0.1) is 28.0 Å². The molecule has 0 fully saturated rings. The largest absolute Gasteiger partial charge is 0.437 e. The van der Waals surface area contributed by atoms with Crippen molar-refractivity contribution in [2.75, 3.05) is 6.54 Å². The molecule has 4 heterocycles. The predicted octanol–water partition coefficient (Wildman–Crippen LogP) is 4.69. The minimum atomic E-state index is -0.523. The fourth-order valence-electron chi connectivity index (χ4n) is 4.24. The first-order valence-electron chi connectivity index (χ1n) is 11.3. The molecule has 7 nitrogen and oxygen atoms in total. The molecule has 0 aliphatic heterocycles. The van der Waals surface area contributed by atoms with Crippen LogP contribution in [0.25, 0.3) is 27.5 Å². The van der Waals surface area contributed by atoms with Gasteiger partial charge in [0.2, 0.25) is 0 Å². The SMILES string of the molecule is CC[C@@H](CCC(=O)c1ccnc(-c2cnn3ccc(-c4cccs4)nc23)c1)N(CC)B(C)O. The first kappa shape index (κ1) is 23.3. The highest BCUT2D eigenvalue weighted by molar-refractivity contribution is 7.13. The molecule has 9 heteroatoms. The van der Waals surface area contributed by atoms with Crippen LogP contribution >= 0.6 is 11.3 Å². The summed E-state index contributed by atoms with van der Waals surface area (Å²) in [6, 6.07) is 9.74. The van der Waals surface area contributed by atoms with Gasteiger partial charge < -0.3 is 9.83 Å². The van der Waals surface area contributed by atoms with Crippen molar-refractivity contribution in [1.82, 2.24) is 24.4 Å². The maximum Gasteiger partial charge on any atom is 0.376 e. The molecule has 0 aliphatic carbocycles. The summed E-state index contributed by atoms with van der Waals surface area (Å²) in [6.45, 7) is 6.64. The summed E-state index contributed by atoms with van der Waals surface area (Å²) in [6.07, 6.45) is 7.30. The lowest BCUT2D eigenvalue weighted by Crippen LogP contribution is -2.44. The Morgan fingerprint density at radius 1 is 1.27 bits per heavy atom. The van der Waals surface area contributed by atoms with Crippen molar-refractivity contribution < 1.29 is 9.82 Å². The van der Waals surface area contributed by atoms with Crippen LogP contribution in [0.3, 0.4) is 0 Å². The monoisotopic (exact) mass is 461 g/mol. The molecular formula is C24H28BN5O2S. The Kier molecular flexibility index (Phi) is 7.32. The van der Waals surface area contributed by atoms with E-state index >= 15 is 0 Å². The average Bonchev–Trinajstić information content (AvgIpc) is 3.51. The molecule has 1 N–H and O–H groups in total. The smallest absolute Gasteiger partial charge is 0.376 e. The number of hydrogen-bond acceptors (Lipinski definition) is 7. The maximum atomic E-state index is 13.0. The van der Waals surface area contributed by atoms with Crippen LogP contribution in [0.4, 0.5) is 0 Å². The van der Waals surface area contributed by atoms with Crippen LogP contribution < -0.4 is 0 Å². The number of carbonyl (C=O) groups excluding carboxylic acids is 1. The number of Topliss-reactive ketones (excluding diaryl/α,β-unsaturated/α-hetero) is 1. The topological polar surface area (TPSA) is 83.6 Å². The Bertz CT molecular complexity index is 1220.